The molecule has 0 spiro atoms. The molecule has 0 aliphatic carbocycles. The number of aryl methyl sites for hydroxylation is 1. The van der Waals surface area contributed by atoms with E-state index in [2.05, 4.69) is 4.99 Å². The van der Waals surface area contributed by atoms with Crippen LogP contribution in [0.5, 0.6) is 0 Å². The number of halogens is 1. The van der Waals surface area contributed by atoms with Crippen molar-refractivity contribution < 1.29 is 4.79 Å². The van der Waals surface area contributed by atoms with E-state index in [1.165, 1.54) is 11.2 Å². The molecule has 3 nitrogen and oxygen atoms in total. The van der Waals surface area contributed by atoms with E-state index in [1.807, 2.05) is 31.2 Å². The van der Waals surface area contributed by atoms with Crippen molar-refractivity contribution in [2.75, 3.05) is 7.05 Å². The second-order valence-electron chi connectivity index (χ2n) is 2.95. The van der Waals surface area contributed by atoms with Gasteiger partial charge in [0, 0.05) is 7.05 Å². The molecule has 0 aromatic heterocycles. The van der Waals surface area contributed by atoms with Gasteiger partial charge >= 0.3 is 5.37 Å². The Morgan fingerprint density at radius 3 is 2.86 bits per heavy atom. The molecule has 1 aromatic rings. The molecule has 1 amide bonds. The average molecular weight is 211 g/mol. The molecule has 0 heterocycles. The first-order chi connectivity index (χ1) is 6.59. The largest absolute Gasteiger partial charge is 0.321 e. The highest BCUT2D eigenvalue weighted by Crippen LogP contribution is 2.12. The van der Waals surface area contributed by atoms with E-state index in [0.717, 1.165) is 11.3 Å². The fraction of sp³-hybridized carbons (Fsp3) is 0.200. The van der Waals surface area contributed by atoms with Crippen LogP contribution in [-0.2, 0) is 0 Å². The van der Waals surface area contributed by atoms with E-state index in [4.69, 9.17) is 11.6 Å². The minimum Gasteiger partial charge on any atom is -0.292 e. The van der Waals surface area contributed by atoms with Gasteiger partial charge in [-0.05, 0) is 36.2 Å². The quantitative estimate of drug-likeness (QED) is 0.320. The molecule has 0 saturated heterocycles. The minimum atomic E-state index is -0.554. The van der Waals surface area contributed by atoms with E-state index >= 15 is 0 Å². The van der Waals surface area contributed by atoms with Gasteiger partial charge in [-0.3, -0.25) is 9.69 Å². The molecule has 14 heavy (non-hydrogen) atoms. The van der Waals surface area contributed by atoms with Gasteiger partial charge in [-0.15, -0.1) is 0 Å². The van der Waals surface area contributed by atoms with Gasteiger partial charge in [0.2, 0.25) is 0 Å². The highest BCUT2D eigenvalue weighted by molar-refractivity contribution is 6.63. The van der Waals surface area contributed by atoms with Crippen LogP contribution in [0.4, 0.5) is 10.5 Å². The molecule has 0 aliphatic heterocycles. The number of carbonyl (C=O) groups is 1. The summed E-state index contributed by atoms with van der Waals surface area (Å²) < 4.78 is 0. The molecule has 0 N–H and O–H groups in total. The van der Waals surface area contributed by atoms with Crippen LogP contribution in [0.15, 0.2) is 29.3 Å². The summed E-state index contributed by atoms with van der Waals surface area (Å²) in [6.07, 6.45) is 1.39. The molecule has 1 rings (SSSR count). The van der Waals surface area contributed by atoms with E-state index in [0.29, 0.717) is 0 Å². The zero-order valence-electron chi connectivity index (χ0n) is 8.07. The number of hydrogen-bond acceptors (Lipinski definition) is 2. The number of amides is 1. The summed E-state index contributed by atoms with van der Waals surface area (Å²) in [5, 5.41) is -0.554. The molecule has 1 aromatic carbocycles. The van der Waals surface area contributed by atoms with Crippen molar-refractivity contribution >= 4 is 29.0 Å². The van der Waals surface area contributed by atoms with Crippen molar-refractivity contribution in [3.8, 4) is 0 Å². The first-order valence-electron chi connectivity index (χ1n) is 4.13. The van der Waals surface area contributed by atoms with Gasteiger partial charge < -0.3 is 0 Å². The predicted molar refractivity (Wildman–Crippen MR) is 58.3 cm³/mol. The number of rotatable bonds is 2. The van der Waals surface area contributed by atoms with E-state index in [1.54, 1.807) is 7.05 Å². The maximum atomic E-state index is 10.6. The monoisotopic (exact) mass is 210 g/mol. The van der Waals surface area contributed by atoms with Crippen molar-refractivity contribution in [2.45, 2.75) is 6.92 Å². The molecule has 0 unspecified atom stereocenters. The highest BCUT2D eigenvalue weighted by Gasteiger charge is 1.98. The Morgan fingerprint density at radius 2 is 2.29 bits per heavy atom. The molecule has 0 bridgehead atoms. The topological polar surface area (TPSA) is 32.7 Å². The van der Waals surface area contributed by atoms with Crippen LogP contribution in [0.1, 0.15) is 5.56 Å². The third-order valence-corrected chi connectivity index (χ3v) is 1.93. The average Bonchev–Trinajstić information content (AvgIpc) is 2.14. The minimum absolute atomic E-state index is 0.554. The van der Waals surface area contributed by atoms with E-state index in [-0.39, 0.29) is 0 Å². The normalized spacial score (nSPS) is 10.5. The summed E-state index contributed by atoms with van der Waals surface area (Å²) in [4.78, 5) is 15.9. The van der Waals surface area contributed by atoms with Crippen molar-refractivity contribution in [1.29, 1.82) is 0 Å². The summed E-state index contributed by atoms with van der Waals surface area (Å²) in [5.74, 6) is 0. The van der Waals surface area contributed by atoms with Crippen molar-refractivity contribution in [1.82, 2.24) is 4.90 Å². The van der Waals surface area contributed by atoms with Crippen LogP contribution in [0.25, 0.3) is 0 Å². The molecule has 0 aliphatic rings. The maximum Gasteiger partial charge on any atom is 0.321 e. The molecular formula is C10H11ClN2O. The summed E-state index contributed by atoms with van der Waals surface area (Å²) in [6, 6.07) is 7.67. The third-order valence-electron chi connectivity index (χ3n) is 1.66. The van der Waals surface area contributed by atoms with Crippen molar-refractivity contribution in [2.24, 2.45) is 4.99 Å². The van der Waals surface area contributed by atoms with Crippen LogP contribution in [0.2, 0.25) is 0 Å². The van der Waals surface area contributed by atoms with E-state index < -0.39 is 5.37 Å². The van der Waals surface area contributed by atoms with Gasteiger partial charge in [0.15, 0.2) is 0 Å². The second kappa shape index (κ2) is 4.77. The van der Waals surface area contributed by atoms with Crippen LogP contribution in [-0.4, -0.2) is 23.7 Å². The zero-order chi connectivity index (χ0) is 10.6. The molecule has 0 fully saturated rings. The van der Waals surface area contributed by atoms with Crippen molar-refractivity contribution in [3.63, 3.8) is 0 Å². The molecule has 0 saturated carbocycles. The first-order valence-corrected chi connectivity index (χ1v) is 4.50. The lowest BCUT2D eigenvalue weighted by atomic mass is 10.2. The fourth-order valence-electron chi connectivity index (χ4n) is 0.907. The van der Waals surface area contributed by atoms with Crippen LogP contribution in [0.3, 0.4) is 0 Å². The second-order valence-corrected chi connectivity index (χ2v) is 3.27. The number of carbonyl (C=O) groups excluding carboxylic acids is 1. The summed E-state index contributed by atoms with van der Waals surface area (Å²) in [5.41, 5.74) is 1.93. The lowest BCUT2D eigenvalue weighted by Gasteiger charge is -2.04. The summed E-state index contributed by atoms with van der Waals surface area (Å²) >= 11 is 5.22. The van der Waals surface area contributed by atoms with Gasteiger partial charge in [0.1, 0.15) is 0 Å². The Hall–Kier alpha value is -1.35. The van der Waals surface area contributed by atoms with Crippen LogP contribution in [0, 0.1) is 6.92 Å². The summed E-state index contributed by atoms with van der Waals surface area (Å²) in [6.45, 7) is 1.98. The number of aliphatic imine (C=N–C) groups is 1. The standard InChI is InChI=1S/C10H11ClN2O/c1-8-4-3-5-9(6-8)12-7-13(2)10(11)14/h3-7H,1-2H3. The van der Waals surface area contributed by atoms with Gasteiger partial charge in [0.25, 0.3) is 0 Å². The van der Waals surface area contributed by atoms with Crippen LogP contribution < -0.4 is 0 Å². The molecule has 0 radical (unpaired) electrons. The lowest BCUT2D eigenvalue weighted by molar-refractivity contribution is 0.248. The Bertz CT molecular complexity index is 363. The predicted octanol–water partition coefficient (Wildman–Crippen LogP) is 2.95. The Morgan fingerprint density at radius 1 is 1.57 bits per heavy atom. The number of nitrogens with zero attached hydrogens (tertiary/aromatic N) is 2. The molecular weight excluding hydrogens is 200 g/mol. The van der Waals surface area contributed by atoms with E-state index in [9.17, 15) is 4.79 Å². The number of benzene rings is 1. The highest BCUT2D eigenvalue weighted by atomic mass is 35.5. The molecule has 74 valence electrons. The van der Waals surface area contributed by atoms with Crippen molar-refractivity contribution in [3.05, 3.63) is 29.8 Å². The van der Waals surface area contributed by atoms with Gasteiger partial charge in [-0.2, -0.15) is 0 Å². The van der Waals surface area contributed by atoms with Gasteiger partial charge in [-0.1, -0.05) is 12.1 Å². The Labute approximate surface area is 88.0 Å². The Kier molecular flexibility index (Phi) is 3.65. The summed E-state index contributed by atoms with van der Waals surface area (Å²) in [7, 11) is 1.55. The Balaban J connectivity index is 2.73. The first kappa shape index (κ1) is 10.7. The smallest absolute Gasteiger partial charge is 0.292 e. The molecule has 0 atom stereocenters. The van der Waals surface area contributed by atoms with Gasteiger partial charge in [0.05, 0.1) is 12.0 Å². The third kappa shape index (κ3) is 3.18. The number of hydrogen-bond donors (Lipinski definition) is 0. The lowest BCUT2D eigenvalue weighted by Crippen LogP contribution is -2.17. The zero-order valence-corrected chi connectivity index (χ0v) is 8.82. The maximum absolute atomic E-state index is 10.6. The fourth-order valence-corrected chi connectivity index (χ4v) is 0.951. The van der Waals surface area contributed by atoms with Gasteiger partial charge in [-0.25, -0.2) is 4.99 Å². The van der Waals surface area contributed by atoms with Crippen LogP contribution >= 0.6 is 11.6 Å². The SMILES string of the molecule is Cc1cccc(N=CN(C)C(=O)Cl)c1. The molecule has 4 heteroatoms.